The second-order valence-electron chi connectivity index (χ2n) is 10.2. The molecule has 1 saturated carbocycles. The zero-order valence-electron chi connectivity index (χ0n) is 22.5. The summed E-state index contributed by atoms with van der Waals surface area (Å²) in [6.07, 6.45) is 5.55. The Balaban J connectivity index is 1.18. The van der Waals surface area contributed by atoms with E-state index < -0.39 is 18.0 Å². The Labute approximate surface area is 234 Å². The lowest BCUT2D eigenvalue weighted by Crippen LogP contribution is -2.30. The molecular weight excluding hydrogens is 541 g/mol. The first-order chi connectivity index (χ1) is 19.6. The fourth-order valence-electron chi connectivity index (χ4n) is 4.80. The number of rotatable bonds is 12. The monoisotopic (exact) mass is 574 g/mol. The van der Waals surface area contributed by atoms with Crippen molar-refractivity contribution in [1.29, 1.82) is 0 Å². The summed E-state index contributed by atoms with van der Waals surface area (Å²) in [6.45, 7) is 1.65. The van der Waals surface area contributed by atoms with Crippen molar-refractivity contribution >= 4 is 17.5 Å². The molecule has 1 aromatic carbocycles. The molecule has 0 saturated heterocycles. The standard InChI is InChI=1S/C28H33F3N6O4/c29-28(30,31)41-23-10-6-9-21(15-23)16-25(38)33-22-11-14-36(26(39)17-22)12-4-5-13-37-19-24(34-35-37)27(40)32-18-20-7-2-1-3-8-20/h6,9-11,14-15,17,19-20H,1-5,7-8,12-13,16,18H2,(H,32,40)(H,33,38). The number of ether oxygens (including phenoxy) is 1. The van der Waals surface area contributed by atoms with Crippen molar-refractivity contribution in [2.75, 3.05) is 11.9 Å². The Bertz CT molecular complexity index is 1380. The number of hydrogen-bond acceptors (Lipinski definition) is 6. The molecule has 1 aliphatic carbocycles. The molecule has 0 atom stereocenters. The molecule has 0 bridgehead atoms. The fraction of sp³-hybridized carbons (Fsp3) is 0.464. The maximum absolute atomic E-state index is 12.5. The predicted octanol–water partition coefficient (Wildman–Crippen LogP) is 4.31. The second kappa shape index (κ2) is 14.0. The van der Waals surface area contributed by atoms with E-state index in [1.807, 2.05) is 0 Å². The number of benzene rings is 1. The quantitative estimate of drug-likeness (QED) is 0.311. The lowest BCUT2D eigenvalue weighted by atomic mass is 9.89. The minimum atomic E-state index is -4.82. The van der Waals surface area contributed by atoms with E-state index >= 15 is 0 Å². The van der Waals surface area contributed by atoms with E-state index in [0.29, 0.717) is 44.0 Å². The number of pyridine rings is 1. The molecule has 0 aliphatic heterocycles. The number of aryl methyl sites for hydroxylation is 2. The lowest BCUT2D eigenvalue weighted by molar-refractivity contribution is -0.274. The van der Waals surface area contributed by atoms with Crippen LogP contribution in [0, 0.1) is 5.92 Å². The van der Waals surface area contributed by atoms with Crippen molar-refractivity contribution in [3.8, 4) is 5.75 Å². The van der Waals surface area contributed by atoms with Gasteiger partial charge in [0.2, 0.25) is 5.91 Å². The minimum absolute atomic E-state index is 0.190. The number of nitrogens with zero attached hydrogens (tertiary/aromatic N) is 4. The highest BCUT2D eigenvalue weighted by atomic mass is 19.4. The minimum Gasteiger partial charge on any atom is -0.406 e. The van der Waals surface area contributed by atoms with Gasteiger partial charge in [0.05, 0.1) is 12.6 Å². The first-order valence-corrected chi connectivity index (χ1v) is 13.7. The van der Waals surface area contributed by atoms with Crippen molar-refractivity contribution in [2.24, 2.45) is 5.92 Å². The largest absolute Gasteiger partial charge is 0.573 e. The number of nitrogens with one attached hydrogen (secondary N) is 2. The normalized spacial score (nSPS) is 14.0. The first-order valence-electron chi connectivity index (χ1n) is 13.7. The van der Waals surface area contributed by atoms with Crippen LogP contribution in [0.1, 0.15) is 61.0 Å². The van der Waals surface area contributed by atoms with Gasteiger partial charge in [-0.1, -0.05) is 36.6 Å². The topological polar surface area (TPSA) is 120 Å². The zero-order chi connectivity index (χ0) is 29.2. The van der Waals surface area contributed by atoms with Crippen molar-refractivity contribution < 1.29 is 27.5 Å². The number of aromatic nitrogens is 4. The Morgan fingerprint density at radius 3 is 2.59 bits per heavy atom. The van der Waals surface area contributed by atoms with E-state index in [-0.39, 0.29) is 29.3 Å². The number of halogens is 3. The lowest BCUT2D eigenvalue weighted by Gasteiger charge is -2.21. The van der Waals surface area contributed by atoms with E-state index in [9.17, 15) is 27.6 Å². The van der Waals surface area contributed by atoms with E-state index in [1.54, 1.807) is 23.1 Å². The third-order valence-electron chi connectivity index (χ3n) is 6.86. The number of carbonyl (C=O) groups excluding carboxylic acids is 2. The Morgan fingerprint density at radius 2 is 1.83 bits per heavy atom. The summed E-state index contributed by atoms with van der Waals surface area (Å²) in [5, 5.41) is 13.5. The number of hydrogen-bond donors (Lipinski definition) is 2. The highest BCUT2D eigenvalue weighted by Gasteiger charge is 2.31. The van der Waals surface area contributed by atoms with E-state index in [2.05, 4.69) is 25.7 Å². The van der Waals surface area contributed by atoms with Crippen LogP contribution in [0.3, 0.4) is 0 Å². The van der Waals surface area contributed by atoms with Crippen LogP contribution in [0.15, 0.2) is 53.6 Å². The molecule has 3 aromatic rings. The molecule has 2 aromatic heterocycles. The van der Waals surface area contributed by atoms with Crippen molar-refractivity contribution in [2.45, 2.75) is 70.8 Å². The molecule has 2 N–H and O–H groups in total. The predicted molar refractivity (Wildman–Crippen MR) is 144 cm³/mol. The van der Waals surface area contributed by atoms with Crippen molar-refractivity contribution in [3.63, 3.8) is 0 Å². The molecule has 2 amide bonds. The van der Waals surface area contributed by atoms with Gasteiger partial charge in [-0.05, 0) is 55.4 Å². The number of alkyl halides is 3. The van der Waals surface area contributed by atoms with Crippen LogP contribution in [0.5, 0.6) is 5.75 Å². The van der Waals surface area contributed by atoms with E-state index in [0.717, 1.165) is 25.0 Å². The van der Waals surface area contributed by atoms with Gasteiger partial charge < -0.3 is 19.9 Å². The average Bonchev–Trinajstić information content (AvgIpc) is 3.40. The van der Waals surface area contributed by atoms with Gasteiger partial charge >= 0.3 is 6.36 Å². The fourth-order valence-corrected chi connectivity index (χ4v) is 4.80. The molecule has 2 heterocycles. The van der Waals surface area contributed by atoms with Crippen LogP contribution < -0.4 is 20.9 Å². The van der Waals surface area contributed by atoms with Crippen molar-refractivity contribution in [1.82, 2.24) is 24.9 Å². The second-order valence-corrected chi connectivity index (χ2v) is 10.2. The van der Waals surface area contributed by atoms with Gasteiger partial charge in [-0.2, -0.15) is 0 Å². The summed E-state index contributed by atoms with van der Waals surface area (Å²) in [6, 6.07) is 8.03. The molecule has 4 rings (SSSR count). The third-order valence-corrected chi connectivity index (χ3v) is 6.86. The van der Waals surface area contributed by atoms with Crippen LogP contribution in [-0.2, 0) is 24.3 Å². The molecule has 0 radical (unpaired) electrons. The summed E-state index contributed by atoms with van der Waals surface area (Å²) >= 11 is 0. The van der Waals surface area contributed by atoms with E-state index in [1.165, 1.54) is 42.0 Å². The summed E-state index contributed by atoms with van der Waals surface area (Å²) in [5.41, 5.74) is 0.603. The van der Waals surface area contributed by atoms with Gasteiger partial charge in [-0.15, -0.1) is 18.3 Å². The van der Waals surface area contributed by atoms with Crippen LogP contribution in [-0.4, -0.2) is 44.3 Å². The highest BCUT2D eigenvalue weighted by molar-refractivity contribution is 5.92. The Morgan fingerprint density at radius 1 is 1.05 bits per heavy atom. The number of amides is 2. The molecule has 220 valence electrons. The van der Waals surface area contributed by atoms with E-state index in [4.69, 9.17) is 0 Å². The first kappa shape index (κ1) is 29.8. The molecule has 1 fully saturated rings. The summed E-state index contributed by atoms with van der Waals surface area (Å²) < 4.78 is 44.3. The third kappa shape index (κ3) is 9.76. The highest BCUT2D eigenvalue weighted by Crippen LogP contribution is 2.24. The zero-order valence-corrected chi connectivity index (χ0v) is 22.5. The van der Waals surface area contributed by atoms with Crippen LogP contribution >= 0.6 is 0 Å². The number of carbonyl (C=O) groups is 2. The summed E-state index contributed by atoms with van der Waals surface area (Å²) in [5.74, 6) is -0.583. The molecule has 1 aliphatic rings. The number of unbranched alkanes of at least 4 members (excludes halogenated alkanes) is 1. The molecule has 0 spiro atoms. The maximum Gasteiger partial charge on any atom is 0.573 e. The number of anilines is 1. The summed E-state index contributed by atoms with van der Waals surface area (Å²) in [7, 11) is 0. The summed E-state index contributed by atoms with van der Waals surface area (Å²) in [4.78, 5) is 37.2. The molecule has 0 unspecified atom stereocenters. The van der Waals surface area contributed by atoms with Gasteiger partial charge in [0.15, 0.2) is 5.69 Å². The molecule has 41 heavy (non-hydrogen) atoms. The maximum atomic E-state index is 12.5. The van der Waals surface area contributed by atoms with Gasteiger partial charge in [-0.3, -0.25) is 19.1 Å². The van der Waals surface area contributed by atoms with Crippen LogP contribution in [0.25, 0.3) is 0 Å². The van der Waals surface area contributed by atoms with Gasteiger partial charge in [0.1, 0.15) is 5.75 Å². The van der Waals surface area contributed by atoms with Gasteiger partial charge in [0.25, 0.3) is 11.5 Å². The molecule has 13 heteroatoms. The Kier molecular flexibility index (Phi) is 10.1. The van der Waals surface area contributed by atoms with Gasteiger partial charge in [0, 0.05) is 37.6 Å². The van der Waals surface area contributed by atoms with Gasteiger partial charge in [-0.25, -0.2) is 0 Å². The Hall–Kier alpha value is -4.16. The molecular formula is C28H33F3N6O4. The SMILES string of the molecule is O=C(Cc1cccc(OC(F)(F)F)c1)Nc1ccn(CCCCn2cc(C(=O)NCC3CCCCC3)nn2)c(=O)c1. The van der Waals surface area contributed by atoms with Crippen LogP contribution in [0.4, 0.5) is 18.9 Å². The smallest absolute Gasteiger partial charge is 0.406 e. The van der Waals surface area contributed by atoms with Crippen LogP contribution in [0.2, 0.25) is 0 Å². The average molecular weight is 575 g/mol. The van der Waals surface area contributed by atoms with Crippen molar-refractivity contribution in [3.05, 3.63) is 70.4 Å². The molecule has 10 nitrogen and oxygen atoms in total.